The van der Waals surface area contributed by atoms with Gasteiger partial charge >= 0.3 is 0 Å². The molecule has 0 bridgehead atoms. The van der Waals surface area contributed by atoms with E-state index < -0.39 is 5.60 Å². The molecule has 0 N–H and O–H groups in total. The Morgan fingerprint density at radius 1 is 0.862 bits per heavy atom. The number of benzene rings is 3. The van der Waals surface area contributed by atoms with E-state index in [0.717, 1.165) is 23.1 Å². The Hall–Kier alpha value is -2.64. The smallest absolute Gasteiger partial charge is 0.143 e. The predicted octanol–water partition coefficient (Wildman–Crippen LogP) is 6.84. The number of rotatable bonds is 8. The van der Waals surface area contributed by atoms with Crippen molar-refractivity contribution >= 4 is 0 Å². The topological polar surface area (TPSA) is 9.23 Å². The van der Waals surface area contributed by atoms with E-state index in [0.29, 0.717) is 18.4 Å². The van der Waals surface area contributed by atoms with E-state index in [4.69, 9.17) is 4.74 Å². The summed E-state index contributed by atoms with van der Waals surface area (Å²) in [5, 5.41) is 0. The molecule has 2 atom stereocenters. The van der Waals surface area contributed by atoms with Crippen molar-refractivity contribution in [2.24, 2.45) is 17.3 Å². The van der Waals surface area contributed by atoms with E-state index in [2.05, 4.69) is 117 Å². The van der Waals surface area contributed by atoms with Crippen molar-refractivity contribution in [3.8, 4) is 0 Å². The summed E-state index contributed by atoms with van der Waals surface area (Å²) >= 11 is 0. The summed E-state index contributed by atoms with van der Waals surface area (Å²) in [5.74, 6) is 1.09. The van der Waals surface area contributed by atoms with Gasteiger partial charge in [0.1, 0.15) is 5.60 Å². The molecule has 3 aromatic carbocycles. The highest BCUT2D eigenvalue weighted by molar-refractivity contribution is 5.47. The van der Waals surface area contributed by atoms with Crippen molar-refractivity contribution in [1.82, 2.24) is 0 Å². The fourth-order valence-corrected chi connectivity index (χ4v) is 4.77. The molecule has 1 aliphatic carbocycles. The average molecular weight is 383 g/mol. The van der Waals surface area contributed by atoms with Crippen molar-refractivity contribution < 1.29 is 4.74 Å². The van der Waals surface area contributed by atoms with Crippen LogP contribution in [0.4, 0.5) is 0 Å². The number of hydrogen-bond donors (Lipinski definition) is 0. The van der Waals surface area contributed by atoms with Gasteiger partial charge in [-0.2, -0.15) is 0 Å². The molecule has 1 aliphatic rings. The minimum atomic E-state index is -0.629. The maximum Gasteiger partial charge on any atom is 0.143 e. The summed E-state index contributed by atoms with van der Waals surface area (Å²) in [6.45, 7) is 9.43. The molecule has 0 saturated heterocycles. The van der Waals surface area contributed by atoms with Gasteiger partial charge in [-0.3, -0.25) is 0 Å². The molecule has 0 aliphatic heterocycles. The van der Waals surface area contributed by atoms with E-state index in [9.17, 15) is 0 Å². The van der Waals surface area contributed by atoms with Crippen LogP contribution in [0.3, 0.4) is 0 Å². The quantitative estimate of drug-likeness (QED) is 0.306. The minimum Gasteiger partial charge on any atom is -0.361 e. The first-order valence-electron chi connectivity index (χ1n) is 10.6. The standard InChI is InChI=1S/C28H30O/c1-4-27(22(2)3)20-26(27)21-29-28(23-14-8-5-9-15-23,24-16-10-6-11-17-24)25-18-12-7-13-19-25/h4-19,22,26H,1,20-21H2,2-3H3/t26-,27-/m0/s1. The van der Waals surface area contributed by atoms with Crippen molar-refractivity contribution in [2.45, 2.75) is 25.9 Å². The summed E-state index contributed by atoms with van der Waals surface area (Å²) in [7, 11) is 0. The van der Waals surface area contributed by atoms with Gasteiger partial charge < -0.3 is 4.74 Å². The molecule has 0 spiro atoms. The summed E-state index contributed by atoms with van der Waals surface area (Å²) in [5.41, 5.74) is 3.05. The van der Waals surface area contributed by atoms with Crippen LogP contribution in [0.15, 0.2) is 104 Å². The van der Waals surface area contributed by atoms with Crippen LogP contribution in [0.5, 0.6) is 0 Å². The molecule has 0 amide bonds. The summed E-state index contributed by atoms with van der Waals surface area (Å²) < 4.78 is 6.97. The van der Waals surface area contributed by atoms with Crippen LogP contribution in [-0.4, -0.2) is 6.61 Å². The van der Waals surface area contributed by atoms with E-state index >= 15 is 0 Å². The largest absolute Gasteiger partial charge is 0.361 e. The van der Waals surface area contributed by atoms with Gasteiger partial charge in [0.2, 0.25) is 0 Å². The molecule has 1 heteroatoms. The van der Waals surface area contributed by atoms with Gasteiger partial charge in [0, 0.05) is 0 Å². The van der Waals surface area contributed by atoms with Gasteiger partial charge in [0.25, 0.3) is 0 Å². The maximum atomic E-state index is 6.97. The van der Waals surface area contributed by atoms with Crippen LogP contribution < -0.4 is 0 Å². The van der Waals surface area contributed by atoms with Gasteiger partial charge in [-0.25, -0.2) is 0 Å². The lowest BCUT2D eigenvalue weighted by atomic mass is 9.80. The zero-order valence-corrected chi connectivity index (χ0v) is 17.4. The molecule has 0 aromatic heterocycles. The molecule has 0 radical (unpaired) electrons. The molecular formula is C28H30O. The SMILES string of the molecule is C=C[C@@]1(C(C)C)C[C@H]1COC(c1ccccc1)(c1ccccc1)c1ccccc1. The van der Waals surface area contributed by atoms with E-state index in [1.165, 1.54) is 0 Å². The van der Waals surface area contributed by atoms with E-state index in [1.54, 1.807) is 0 Å². The third-order valence-corrected chi connectivity index (χ3v) is 6.70. The predicted molar refractivity (Wildman–Crippen MR) is 121 cm³/mol. The summed E-state index contributed by atoms with van der Waals surface area (Å²) in [4.78, 5) is 0. The van der Waals surface area contributed by atoms with Crippen LogP contribution in [0, 0.1) is 17.3 Å². The first kappa shape index (κ1) is 19.7. The Labute approximate surface area is 175 Å². The van der Waals surface area contributed by atoms with Gasteiger partial charge in [0.15, 0.2) is 0 Å². The van der Waals surface area contributed by atoms with Crippen LogP contribution in [0.1, 0.15) is 37.0 Å². The Morgan fingerprint density at radius 2 is 1.28 bits per heavy atom. The number of hydrogen-bond acceptors (Lipinski definition) is 1. The first-order chi connectivity index (χ1) is 14.1. The molecule has 0 heterocycles. The second-order valence-corrected chi connectivity index (χ2v) is 8.46. The van der Waals surface area contributed by atoms with Crippen LogP contribution >= 0.6 is 0 Å². The number of ether oxygens (including phenoxy) is 1. The fourth-order valence-electron chi connectivity index (χ4n) is 4.77. The third-order valence-electron chi connectivity index (χ3n) is 6.70. The van der Waals surface area contributed by atoms with Crippen molar-refractivity contribution in [1.29, 1.82) is 0 Å². The normalized spacial score (nSPS) is 21.1. The molecule has 3 aromatic rings. The molecular weight excluding hydrogens is 352 g/mol. The average Bonchev–Trinajstić information content (AvgIpc) is 3.52. The zero-order chi connectivity index (χ0) is 20.3. The molecule has 4 rings (SSSR count). The monoisotopic (exact) mass is 382 g/mol. The highest BCUT2D eigenvalue weighted by Gasteiger charge is 2.54. The van der Waals surface area contributed by atoms with Crippen LogP contribution in [-0.2, 0) is 10.3 Å². The van der Waals surface area contributed by atoms with Gasteiger partial charge in [-0.05, 0) is 40.4 Å². The molecule has 29 heavy (non-hydrogen) atoms. The maximum absolute atomic E-state index is 6.97. The molecule has 1 nitrogen and oxygen atoms in total. The molecule has 1 fully saturated rings. The molecule has 0 unspecified atom stereocenters. The lowest BCUT2D eigenvalue weighted by Crippen LogP contribution is -2.34. The minimum absolute atomic E-state index is 0.204. The van der Waals surface area contributed by atoms with Crippen molar-refractivity contribution in [2.75, 3.05) is 6.61 Å². The van der Waals surface area contributed by atoms with Gasteiger partial charge in [-0.1, -0.05) is 111 Å². The lowest BCUT2D eigenvalue weighted by Gasteiger charge is -2.36. The third kappa shape index (κ3) is 3.45. The fraction of sp³-hybridized carbons (Fsp3) is 0.286. The van der Waals surface area contributed by atoms with E-state index in [1.807, 2.05) is 0 Å². The summed E-state index contributed by atoms with van der Waals surface area (Å²) in [6, 6.07) is 31.8. The first-order valence-corrected chi connectivity index (χ1v) is 10.6. The van der Waals surface area contributed by atoms with Crippen molar-refractivity contribution in [3.63, 3.8) is 0 Å². The Bertz CT molecular complexity index is 833. The van der Waals surface area contributed by atoms with Gasteiger partial charge in [0.05, 0.1) is 6.61 Å². The molecule has 1 saturated carbocycles. The molecule has 148 valence electrons. The van der Waals surface area contributed by atoms with Crippen molar-refractivity contribution in [3.05, 3.63) is 120 Å². The van der Waals surface area contributed by atoms with Crippen LogP contribution in [0.2, 0.25) is 0 Å². The highest BCUT2D eigenvalue weighted by Crippen LogP contribution is 2.59. The second kappa shape index (κ2) is 8.00. The lowest BCUT2D eigenvalue weighted by molar-refractivity contribution is 0.000976. The summed E-state index contributed by atoms with van der Waals surface area (Å²) in [6.07, 6.45) is 3.31. The zero-order valence-electron chi connectivity index (χ0n) is 17.4. The van der Waals surface area contributed by atoms with Crippen LogP contribution in [0.25, 0.3) is 0 Å². The Balaban J connectivity index is 1.80. The van der Waals surface area contributed by atoms with E-state index in [-0.39, 0.29) is 5.41 Å². The highest BCUT2D eigenvalue weighted by atomic mass is 16.5. The number of allylic oxidation sites excluding steroid dienone is 1. The Kier molecular flexibility index (Phi) is 5.43. The Morgan fingerprint density at radius 3 is 1.59 bits per heavy atom. The second-order valence-electron chi connectivity index (χ2n) is 8.46. The van der Waals surface area contributed by atoms with Gasteiger partial charge in [-0.15, -0.1) is 6.58 Å².